The summed E-state index contributed by atoms with van der Waals surface area (Å²) < 4.78 is 6.77. The molecule has 0 N–H and O–H groups in total. The molecule has 1 aromatic carbocycles. The van der Waals surface area contributed by atoms with Crippen molar-refractivity contribution in [1.29, 1.82) is 0 Å². The Morgan fingerprint density at radius 1 is 1.29 bits per heavy atom. The number of ether oxygens (including phenoxy) is 1. The van der Waals surface area contributed by atoms with Gasteiger partial charge in [0.1, 0.15) is 5.75 Å². The molecule has 3 rings (SSSR count). The van der Waals surface area contributed by atoms with Gasteiger partial charge < -0.3 is 4.74 Å². The first-order chi connectivity index (χ1) is 8.24. The van der Waals surface area contributed by atoms with Crippen LogP contribution in [0.5, 0.6) is 5.75 Å². The standard InChI is InChI=1S/C13H10ClIOS/c14-13(10-6-12(15)17-7-10)9-1-2-11-8(5-9)3-4-16-11/h1-2,5-7,13H,3-4H2. The highest BCUT2D eigenvalue weighted by atomic mass is 127. The zero-order chi connectivity index (χ0) is 11.8. The lowest BCUT2D eigenvalue weighted by atomic mass is 10.0. The molecule has 1 aliphatic rings. The molecule has 1 unspecified atom stereocenters. The van der Waals surface area contributed by atoms with Gasteiger partial charge in [0.25, 0.3) is 0 Å². The fraction of sp³-hybridized carbons (Fsp3) is 0.231. The van der Waals surface area contributed by atoms with Gasteiger partial charge in [0.05, 0.1) is 14.9 Å². The molecule has 1 atom stereocenters. The van der Waals surface area contributed by atoms with Crippen LogP contribution in [0.4, 0.5) is 0 Å². The largest absolute Gasteiger partial charge is 0.493 e. The monoisotopic (exact) mass is 376 g/mol. The van der Waals surface area contributed by atoms with Crippen LogP contribution in [0.1, 0.15) is 22.1 Å². The minimum Gasteiger partial charge on any atom is -0.493 e. The maximum absolute atomic E-state index is 6.51. The number of hydrogen-bond acceptors (Lipinski definition) is 2. The van der Waals surface area contributed by atoms with E-state index < -0.39 is 0 Å². The molecular formula is C13H10ClIOS. The Balaban J connectivity index is 1.94. The fourth-order valence-corrected chi connectivity index (χ4v) is 3.75. The van der Waals surface area contributed by atoms with E-state index in [1.807, 2.05) is 6.07 Å². The van der Waals surface area contributed by atoms with Crippen LogP contribution in [-0.2, 0) is 6.42 Å². The third kappa shape index (κ3) is 2.33. The second kappa shape index (κ2) is 4.78. The first-order valence-corrected chi connectivity index (χ1v) is 7.77. The predicted molar refractivity (Wildman–Crippen MR) is 80.4 cm³/mol. The average molecular weight is 377 g/mol. The van der Waals surface area contributed by atoms with Crippen molar-refractivity contribution in [3.63, 3.8) is 0 Å². The Hall–Kier alpha value is -0.260. The number of alkyl halides is 1. The molecule has 2 heterocycles. The van der Waals surface area contributed by atoms with Crippen LogP contribution < -0.4 is 4.74 Å². The molecule has 4 heteroatoms. The number of hydrogen-bond donors (Lipinski definition) is 0. The first kappa shape index (κ1) is 11.8. The van der Waals surface area contributed by atoms with Crippen molar-refractivity contribution in [3.8, 4) is 5.75 Å². The zero-order valence-electron chi connectivity index (χ0n) is 8.95. The van der Waals surface area contributed by atoms with Crippen LogP contribution in [-0.4, -0.2) is 6.61 Å². The summed E-state index contributed by atoms with van der Waals surface area (Å²) in [6, 6.07) is 8.41. The Morgan fingerprint density at radius 3 is 2.94 bits per heavy atom. The number of thiophene rings is 1. The molecule has 17 heavy (non-hydrogen) atoms. The van der Waals surface area contributed by atoms with Crippen molar-refractivity contribution in [2.24, 2.45) is 0 Å². The van der Waals surface area contributed by atoms with Gasteiger partial charge in [-0.25, -0.2) is 0 Å². The van der Waals surface area contributed by atoms with E-state index in [9.17, 15) is 0 Å². The molecule has 88 valence electrons. The van der Waals surface area contributed by atoms with Crippen molar-refractivity contribution in [2.45, 2.75) is 11.8 Å². The Kier molecular flexibility index (Phi) is 3.32. The van der Waals surface area contributed by atoms with E-state index in [0.29, 0.717) is 0 Å². The first-order valence-electron chi connectivity index (χ1n) is 5.37. The molecule has 1 aromatic heterocycles. The molecule has 2 aromatic rings. The van der Waals surface area contributed by atoms with Crippen molar-refractivity contribution in [3.05, 3.63) is 49.2 Å². The van der Waals surface area contributed by atoms with Crippen molar-refractivity contribution >= 4 is 45.5 Å². The van der Waals surface area contributed by atoms with E-state index in [1.54, 1.807) is 11.3 Å². The third-order valence-electron chi connectivity index (χ3n) is 2.89. The van der Waals surface area contributed by atoms with Gasteiger partial charge >= 0.3 is 0 Å². The summed E-state index contributed by atoms with van der Waals surface area (Å²) in [5, 5.41) is 2.07. The van der Waals surface area contributed by atoms with E-state index in [4.69, 9.17) is 16.3 Å². The van der Waals surface area contributed by atoms with Crippen molar-refractivity contribution < 1.29 is 4.74 Å². The topological polar surface area (TPSA) is 9.23 Å². The lowest BCUT2D eigenvalue weighted by Crippen LogP contribution is -1.92. The van der Waals surface area contributed by atoms with E-state index in [0.717, 1.165) is 24.3 Å². The normalized spacial score (nSPS) is 15.4. The molecule has 0 radical (unpaired) electrons. The highest BCUT2D eigenvalue weighted by Gasteiger charge is 2.17. The lowest BCUT2D eigenvalue weighted by Gasteiger charge is -2.09. The van der Waals surface area contributed by atoms with Crippen molar-refractivity contribution in [2.75, 3.05) is 6.61 Å². The molecule has 0 saturated carbocycles. The molecule has 0 amide bonds. The highest BCUT2D eigenvalue weighted by molar-refractivity contribution is 14.1. The van der Waals surface area contributed by atoms with Gasteiger partial charge in [-0.2, -0.15) is 0 Å². The number of benzene rings is 1. The molecular weight excluding hydrogens is 367 g/mol. The summed E-state index contributed by atoms with van der Waals surface area (Å²) in [4.78, 5) is 0. The smallest absolute Gasteiger partial charge is 0.122 e. The maximum atomic E-state index is 6.51. The Bertz CT molecular complexity index is 552. The summed E-state index contributed by atoms with van der Waals surface area (Å²) in [6.45, 7) is 0.794. The van der Waals surface area contributed by atoms with Gasteiger partial charge in [0.15, 0.2) is 0 Å². The van der Waals surface area contributed by atoms with Crippen LogP contribution >= 0.6 is 45.5 Å². The maximum Gasteiger partial charge on any atom is 0.122 e. The van der Waals surface area contributed by atoms with Crippen LogP contribution in [0.3, 0.4) is 0 Å². The Morgan fingerprint density at radius 2 is 2.18 bits per heavy atom. The highest BCUT2D eigenvalue weighted by Crippen LogP contribution is 2.35. The third-order valence-corrected chi connectivity index (χ3v) is 5.20. The van der Waals surface area contributed by atoms with Crippen LogP contribution in [0.2, 0.25) is 0 Å². The molecule has 1 aliphatic heterocycles. The van der Waals surface area contributed by atoms with E-state index >= 15 is 0 Å². The SMILES string of the molecule is ClC(c1csc(I)c1)c1ccc2c(c1)CCO2. The fourth-order valence-electron chi connectivity index (χ4n) is 2.01. The Labute approximate surface area is 123 Å². The average Bonchev–Trinajstić information content (AvgIpc) is 2.95. The molecule has 0 spiro atoms. The van der Waals surface area contributed by atoms with E-state index in [-0.39, 0.29) is 5.38 Å². The number of fused-ring (bicyclic) bond motifs is 1. The molecule has 0 fully saturated rings. The molecule has 1 nitrogen and oxygen atoms in total. The van der Waals surface area contributed by atoms with Gasteiger partial charge in [0, 0.05) is 6.42 Å². The molecule has 0 saturated heterocycles. The summed E-state index contributed by atoms with van der Waals surface area (Å²) >= 11 is 10.6. The minimum atomic E-state index is -0.0549. The summed E-state index contributed by atoms with van der Waals surface area (Å²) in [7, 11) is 0. The van der Waals surface area contributed by atoms with E-state index in [1.165, 1.54) is 14.0 Å². The van der Waals surface area contributed by atoms with E-state index in [2.05, 4.69) is 46.2 Å². The van der Waals surface area contributed by atoms with Gasteiger partial charge in [-0.05, 0) is 56.8 Å². The lowest BCUT2D eigenvalue weighted by molar-refractivity contribution is 0.357. The molecule has 0 bridgehead atoms. The van der Waals surface area contributed by atoms with Gasteiger partial charge in [0.2, 0.25) is 0 Å². The number of rotatable bonds is 2. The van der Waals surface area contributed by atoms with Gasteiger partial charge in [-0.3, -0.25) is 0 Å². The van der Waals surface area contributed by atoms with Crippen LogP contribution in [0.25, 0.3) is 0 Å². The zero-order valence-corrected chi connectivity index (χ0v) is 12.7. The summed E-state index contributed by atoms with van der Waals surface area (Å²) in [5.41, 5.74) is 3.61. The quantitative estimate of drug-likeness (QED) is 0.549. The van der Waals surface area contributed by atoms with Gasteiger partial charge in [-0.1, -0.05) is 12.1 Å². The van der Waals surface area contributed by atoms with Crippen LogP contribution in [0.15, 0.2) is 29.6 Å². The second-order valence-corrected chi connectivity index (χ2v) is 7.25. The van der Waals surface area contributed by atoms with Crippen LogP contribution in [0, 0.1) is 2.88 Å². The summed E-state index contributed by atoms with van der Waals surface area (Å²) in [5.74, 6) is 1.01. The second-order valence-electron chi connectivity index (χ2n) is 4.01. The summed E-state index contributed by atoms with van der Waals surface area (Å²) in [6.07, 6.45) is 0.994. The van der Waals surface area contributed by atoms with Crippen molar-refractivity contribution in [1.82, 2.24) is 0 Å². The minimum absolute atomic E-state index is 0.0549. The molecule has 0 aliphatic carbocycles. The predicted octanol–water partition coefficient (Wildman–Crippen LogP) is 4.62. The van der Waals surface area contributed by atoms with Gasteiger partial charge in [-0.15, -0.1) is 22.9 Å². The number of halogens is 2.